The number of rotatable bonds is 3. The van der Waals surface area contributed by atoms with E-state index in [1.54, 1.807) is 0 Å². The first-order valence-electron chi connectivity index (χ1n) is 5.20. The second kappa shape index (κ2) is 4.01. The van der Waals surface area contributed by atoms with Crippen molar-refractivity contribution in [2.75, 3.05) is 12.8 Å². The van der Waals surface area contributed by atoms with E-state index in [2.05, 4.69) is 24.1 Å². The van der Waals surface area contributed by atoms with Crippen molar-refractivity contribution in [2.24, 2.45) is 5.92 Å². The molecule has 1 saturated carbocycles. The van der Waals surface area contributed by atoms with E-state index in [1.807, 2.05) is 0 Å². The van der Waals surface area contributed by atoms with Gasteiger partial charge in [-0.15, -0.1) is 0 Å². The summed E-state index contributed by atoms with van der Waals surface area (Å²) in [6, 6.07) is 0.825. The highest BCUT2D eigenvalue weighted by Crippen LogP contribution is 2.38. The second-order valence-corrected chi connectivity index (χ2v) is 5.40. The molecule has 0 radical (unpaired) electrons. The van der Waals surface area contributed by atoms with E-state index in [1.165, 1.54) is 37.9 Å². The summed E-state index contributed by atoms with van der Waals surface area (Å²) in [6.07, 6.45) is 7.32. The van der Waals surface area contributed by atoms with E-state index in [4.69, 9.17) is 0 Å². The summed E-state index contributed by atoms with van der Waals surface area (Å²) in [7, 11) is 2.14. The summed E-state index contributed by atoms with van der Waals surface area (Å²) in [6.45, 7) is 0. The van der Waals surface area contributed by atoms with Crippen LogP contribution in [0.2, 0.25) is 0 Å². The Kier molecular flexibility index (Phi) is 2.97. The van der Waals surface area contributed by atoms with Crippen LogP contribution in [0.4, 0.5) is 0 Å². The van der Waals surface area contributed by atoms with Gasteiger partial charge in [-0.3, -0.25) is 0 Å². The highest BCUT2D eigenvalue weighted by molar-refractivity contribution is 8.00. The van der Waals surface area contributed by atoms with Crippen molar-refractivity contribution in [1.82, 2.24) is 5.32 Å². The molecule has 70 valence electrons. The zero-order chi connectivity index (χ0) is 8.39. The first-order chi connectivity index (χ1) is 5.92. The lowest BCUT2D eigenvalue weighted by Gasteiger charge is -2.36. The van der Waals surface area contributed by atoms with E-state index in [0.29, 0.717) is 0 Å². The number of hydrogen-bond donors (Lipinski definition) is 1. The average molecular weight is 185 g/mol. The topological polar surface area (TPSA) is 12.0 Å². The highest BCUT2D eigenvalue weighted by Gasteiger charge is 2.33. The van der Waals surface area contributed by atoms with E-state index in [9.17, 15) is 0 Å². The Morgan fingerprint density at radius 3 is 2.50 bits per heavy atom. The lowest BCUT2D eigenvalue weighted by atomic mass is 9.78. The van der Waals surface area contributed by atoms with Gasteiger partial charge in [-0.2, -0.15) is 11.8 Å². The van der Waals surface area contributed by atoms with Crippen molar-refractivity contribution in [1.29, 1.82) is 0 Å². The molecule has 2 heteroatoms. The third-order valence-corrected chi connectivity index (χ3v) is 4.84. The summed E-state index contributed by atoms with van der Waals surface area (Å²) >= 11 is 2.19. The third-order valence-electron chi connectivity index (χ3n) is 3.36. The van der Waals surface area contributed by atoms with Gasteiger partial charge in [0.2, 0.25) is 0 Å². The molecule has 1 heterocycles. The van der Waals surface area contributed by atoms with E-state index in [-0.39, 0.29) is 0 Å². The molecule has 0 aromatic carbocycles. The molecular weight excluding hydrogens is 166 g/mol. The molecule has 0 aromatic heterocycles. The van der Waals surface area contributed by atoms with Crippen LogP contribution >= 0.6 is 11.8 Å². The Morgan fingerprint density at radius 1 is 1.25 bits per heavy atom. The van der Waals surface area contributed by atoms with Gasteiger partial charge in [-0.1, -0.05) is 6.42 Å². The molecule has 2 rings (SSSR count). The molecule has 1 nitrogen and oxygen atoms in total. The second-order valence-electron chi connectivity index (χ2n) is 4.06. The van der Waals surface area contributed by atoms with Crippen molar-refractivity contribution < 1.29 is 0 Å². The Morgan fingerprint density at radius 2 is 2.08 bits per heavy atom. The summed E-state index contributed by atoms with van der Waals surface area (Å²) in [5.41, 5.74) is 0. The standard InChI is InChI=1S/C10H19NS/c1-11-10(8-4-2-5-8)9-6-3-7-12-9/h8-11H,2-7H2,1H3. The minimum absolute atomic E-state index is 0.825. The molecule has 1 aliphatic carbocycles. The summed E-state index contributed by atoms with van der Waals surface area (Å²) in [5.74, 6) is 2.40. The van der Waals surface area contributed by atoms with Crippen LogP contribution in [0, 0.1) is 5.92 Å². The molecular formula is C10H19NS. The molecule has 2 aliphatic rings. The first kappa shape index (κ1) is 8.89. The third kappa shape index (κ3) is 1.64. The maximum atomic E-state index is 3.53. The lowest BCUT2D eigenvalue weighted by Crippen LogP contribution is -2.44. The lowest BCUT2D eigenvalue weighted by molar-refractivity contribution is 0.231. The van der Waals surface area contributed by atoms with Gasteiger partial charge in [0, 0.05) is 11.3 Å². The Labute approximate surface area is 79.7 Å². The molecule has 2 atom stereocenters. The fourth-order valence-corrected chi connectivity index (χ4v) is 3.94. The van der Waals surface area contributed by atoms with Crippen molar-refractivity contribution in [3.63, 3.8) is 0 Å². The smallest absolute Gasteiger partial charge is 0.0211 e. The van der Waals surface area contributed by atoms with Gasteiger partial charge in [0.1, 0.15) is 0 Å². The zero-order valence-electron chi connectivity index (χ0n) is 7.88. The Bertz CT molecular complexity index is 139. The van der Waals surface area contributed by atoms with E-state index >= 15 is 0 Å². The average Bonchev–Trinajstić information content (AvgIpc) is 2.47. The summed E-state index contributed by atoms with van der Waals surface area (Å²) in [5, 5.41) is 4.46. The van der Waals surface area contributed by atoms with E-state index < -0.39 is 0 Å². The van der Waals surface area contributed by atoms with Crippen LogP contribution in [0.3, 0.4) is 0 Å². The molecule has 0 spiro atoms. The Hall–Kier alpha value is 0.310. The van der Waals surface area contributed by atoms with Gasteiger partial charge < -0.3 is 5.32 Å². The van der Waals surface area contributed by atoms with Gasteiger partial charge in [0.15, 0.2) is 0 Å². The molecule has 12 heavy (non-hydrogen) atoms. The van der Waals surface area contributed by atoms with Crippen molar-refractivity contribution in [2.45, 2.75) is 43.4 Å². The monoisotopic (exact) mass is 185 g/mol. The van der Waals surface area contributed by atoms with Crippen LogP contribution in [0.15, 0.2) is 0 Å². The highest BCUT2D eigenvalue weighted by atomic mass is 32.2. The van der Waals surface area contributed by atoms with Crippen molar-refractivity contribution >= 4 is 11.8 Å². The van der Waals surface area contributed by atoms with Crippen LogP contribution in [-0.2, 0) is 0 Å². The van der Waals surface area contributed by atoms with Crippen LogP contribution < -0.4 is 5.32 Å². The summed E-state index contributed by atoms with van der Waals surface area (Å²) in [4.78, 5) is 0. The van der Waals surface area contributed by atoms with Gasteiger partial charge in [-0.05, 0) is 44.4 Å². The number of hydrogen-bond acceptors (Lipinski definition) is 2. The number of thioether (sulfide) groups is 1. The minimum atomic E-state index is 0.825. The van der Waals surface area contributed by atoms with Crippen LogP contribution in [0.5, 0.6) is 0 Å². The molecule has 1 aliphatic heterocycles. The quantitative estimate of drug-likeness (QED) is 0.724. The first-order valence-corrected chi connectivity index (χ1v) is 6.25. The SMILES string of the molecule is CNC(C1CCC1)C1CCCS1. The van der Waals surface area contributed by atoms with Crippen molar-refractivity contribution in [3.05, 3.63) is 0 Å². The van der Waals surface area contributed by atoms with Gasteiger partial charge in [0.05, 0.1) is 0 Å². The fraction of sp³-hybridized carbons (Fsp3) is 1.00. The molecule has 1 N–H and O–H groups in total. The summed E-state index contributed by atoms with van der Waals surface area (Å²) < 4.78 is 0. The predicted molar refractivity (Wildman–Crippen MR) is 55.7 cm³/mol. The van der Waals surface area contributed by atoms with Crippen LogP contribution in [0.1, 0.15) is 32.1 Å². The predicted octanol–water partition coefficient (Wildman–Crippen LogP) is 2.27. The van der Waals surface area contributed by atoms with Crippen LogP contribution in [0.25, 0.3) is 0 Å². The number of nitrogens with one attached hydrogen (secondary N) is 1. The molecule has 0 bridgehead atoms. The largest absolute Gasteiger partial charge is 0.316 e. The minimum Gasteiger partial charge on any atom is -0.316 e. The van der Waals surface area contributed by atoms with Gasteiger partial charge in [-0.25, -0.2) is 0 Å². The fourth-order valence-electron chi connectivity index (χ4n) is 2.41. The normalized spacial score (nSPS) is 33.2. The molecule has 1 saturated heterocycles. The zero-order valence-corrected chi connectivity index (χ0v) is 8.70. The molecule has 2 unspecified atom stereocenters. The van der Waals surface area contributed by atoms with Gasteiger partial charge >= 0.3 is 0 Å². The van der Waals surface area contributed by atoms with Gasteiger partial charge in [0.25, 0.3) is 0 Å². The molecule has 0 aromatic rings. The Balaban J connectivity index is 1.87. The van der Waals surface area contributed by atoms with Crippen LogP contribution in [-0.4, -0.2) is 24.1 Å². The van der Waals surface area contributed by atoms with Crippen molar-refractivity contribution in [3.8, 4) is 0 Å². The molecule has 2 fully saturated rings. The maximum absolute atomic E-state index is 3.53. The van der Waals surface area contributed by atoms with E-state index in [0.717, 1.165) is 17.2 Å². The maximum Gasteiger partial charge on any atom is 0.0211 e. The molecule has 0 amide bonds.